The lowest BCUT2D eigenvalue weighted by molar-refractivity contribution is -0.118. The number of amides is 1. The van der Waals surface area contributed by atoms with Gasteiger partial charge in [0.25, 0.3) is 5.91 Å². The third-order valence-electron chi connectivity index (χ3n) is 3.56. The molecule has 0 saturated heterocycles. The number of fused-ring (bicyclic) bond motifs is 1. The first kappa shape index (κ1) is 15.6. The van der Waals surface area contributed by atoms with E-state index in [1.165, 1.54) is 23.7 Å². The average Bonchev–Trinajstić information content (AvgIpc) is 2.99. The number of nitrogens with one attached hydrogen (secondary N) is 1. The third-order valence-corrected chi connectivity index (χ3v) is 5.50. The van der Waals surface area contributed by atoms with Gasteiger partial charge in [0, 0.05) is 13.1 Å². The molecule has 1 aromatic carbocycles. The SMILES string of the molecule is Cc1cc2c(cc1S(=O)(=O)N(C)Cc1ccco1)OCC(=O)N2. The van der Waals surface area contributed by atoms with Crippen molar-refractivity contribution in [2.24, 2.45) is 0 Å². The Morgan fingerprint density at radius 2 is 2.13 bits per heavy atom. The average molecular weight is 336 g/mol. The van der Waals surface area contributed by atoms with Gasteiger partial charge < -0.3 is 14.5 Å². The Kier molecular flexibility index (Phi) is 3.87. The van der Waals surface area contributed by atoms with Crippen LogP contribution < -0.4 is 10.1 Å². The number of carbonyl (C=O) groups excluding carboxylic acids is 1. The van der Waals surface area contributed by atoms with Gasteiger partial charge in [-0.25, -0.2) is 8.42 Å². The molecule has 0 aliphatic carbocycles. The second-order valence-corrected chi connectivity index (χ2v) is 7.30. The van der Waals surface area contributed by atoms with E-state index in [-0.39, 0.29) is 24.0 Å². The fourth-order valence-corrected chi connectivity index (χ4v) is 3.72. The highest BCUT2D eigenvalue weighted by molar-refractivity contribution is 7.89. The number of benzene rings is 1. The van der Waals surface area contributed by atoms with Gasteiger partial charge in [-0.2, -0.15) is 4.31 Å². The maximum atomic E-state index is 12.8. The van der Waals surface area contributed by atoms with Crippen molar-refractivity contribution in [1.82, 2.24) is 4.31 Å². The normalized spacial score (nSPS) is 14.3. The van der Waals surface area contributed by atoms with Gasteiger partial charge in [-0.15, -0.1) is 0 Å². The van der Waals surface area contributed by atoms with Gasteiger partial charge in [0.15, 0.2) is 6.61 Å². The van der Waals surface area contributed by atoms with Crippen LogP contribution in [-0.2, 0) is 21.4 Å². The van der Waals surface area contributed by atoms with Crippen molar-refractivity contribution >= 4 is 21.6 Å². The van der Waals surface area contributed by atoms with Gasteiger partial charge in [-0.1, -0.05) is 0 Å². The summed E-state index contributed by atoms with van der Waals surface area (Å²) in [6, 6.07) is 6.46. The molecular formula is C15H16N2O5S. The predicted molar refractivity (Wildman–Crippen MR) is 82.7 cm³/mol. The minimum atomic E-state index is -3.71. The van der Waals surface area contributed by atoms with E-state index >= 15 is 0 Å². The zero-order valence-corrected chi connectivity index (χ0v) is 13.5. The van der Waals surface area contributed by atoms with E-state index < -0.39 is 10.0 Å². The highest BCUT2D eigenvalue weighted by atomic mass is 32.2. The molecule has 1 N–H and O–H groups in total. The first-order valence-electron chi connectivity index (χ1n) is 6.94. The molecular weight excluding hydrogens is 320 g/mol. The lowest BCUT2D eigenvalue weighted by Gasteiger charge is -2.22. The Labute approximate surface area is 133 Å². The van der Waals surface area contributed by atoms with E-state index in [0.29, 0.717) is 22.8 Å². The van der Waals surface area contributed by atoms with Crippen molar-refractivity contribution in [3.63, 3.8) is 0 Å². The van der Waals surface area contributed by atoms with E-state index in [1.807, 2.05) is 0 Å². The Balaban J connectivity index is 1.95. The zero-order valence-electron chi connectivity index (χ0n) is 12.7. The molecule has 2 aromatic rings. The fourth-order valence-electron chi connectivity index (χ4n) is 2.37. The van der Waals surface area contributed by atoms with Gasteiger partial charge in [0.2, 0.25) is 10.0 Å². The molecule has 0 fully saturated rings. The molecule has 7 nitrogen and oxygen atoms in total. The Morgan fingerprint density at radius 1 is 1.35 bits per heavy atom. The Hall–Kier alpha value is -2.32. The summed E-state index contributed by atoms with van der Waals surface area (Å²) in [5.74, 6) is 0.637. The van der Waals surface area contributed by atoms with E-state index in [0.717, 1.165) is 0 Å². The molecule has 0 radical (unpaired) electrons. The maximum absolute atomic E-state index is 12.8. The molecule has 0 saturated carbocycles. The molecule has 2 heterocycles. The van der Waals surface area contributed by atoms with E-state index in [1.54, 1.807) is 25.1 Å². The van der Waals surface area contributed by atoms with Crippen LogP contribution in [0.1, 0.15) is 11.3 Å². The van der Waals surface area contributed by atoms with Gasteiger partial charge in [0.1, 0.15) is 11.5 Å². The number of rotatable bonds is 4. The van der Waals surface area contributed by atoms with Crippen LogP contribution in [0.15, 0.2) is 39.8 Å². The molecule has 1 aliphatic heterocycles. The first-order chi connectivity index (χ1) is 10.9. The predicted octanol–water partition coefficient (Wildman–Crippen LogP) is 1.74. The molecule has 1 aliphatic rings. The number of hydrogen-bond donors (Lipinski definition) is 1. The summed E-state index contributed by atoms with van der Waals surface area (Å²) in [5.41, 5.74) is 1.01. The first-order valence-corrected chi connectivity index (χ1v) is 8.38. The van der Waals surface area contributed by atoms with E-state index in [9.17, 15) is 13.2 Å². The summed E-state index contributed by atoms with van der Waals surface area (Å²) in [6.07, 6.45) is 1.50. The Morgan fingerprint density at radius 3 is 2.83 bits per heavy atom. The van der Waals surface area contributed by atoms with Crippen molar-refractivity contribution in [3.8, 4) is 5.75 Å². The molecule has 122 valence electrons. The summed E-state index contributed by atoms with van der Waals surface area (Å²) < 4.78 is 37.2. The van der Waals surface area contributed by atoms with Crippen LogP contribution in [0.5, 0.6) is 5.75 Å². The van der Waals surface area contributed by atoms with E-state index in [2.05, 4.69) is 5.32 Å². The van der Waals surface area contributed by atoms with Crippen LogP contribution in [-0.4, -0.2) is 32.3 Å². The monoisotopic (exact) mass is 336 g/mol. The highest BCUT2D eigenvalue weighted by Crippen LogP contribution is 2.34. The van der Waals surface area contributed by atoms with Crippen molar-refractivity contribution in [2.75, 3.05) is 19.0 Å². The van der Waals surface area contributed by atoms with Gasteiger partial charge >= 0.3 is 0 Å². The zero-order chi connectivity index (χ0) is 16.6. The summed E-state index contributed by atoms with van der Waals surface area (Å²) >= 11 is 0. The van der Waals surface area contributed by atoms with Crippen LogP contribution in [0.2, 0.25) is 0 Å². The van der Waals surface area contributed by atoms with Crippen LogP contribution in [0.3, 0.4) is 0 Å². The number of sulfonamides is 1. The van der Waals surface area contributed by atoms with Crippen molar-refractivity contribution in [2.45, 2.75) is 18.4 Å². The molecule has 0 atom stereocenters. The van der Waals surface area contributed by atoms with Crippen molar-refractivity contribution in [1.29, 1.82) is 0 Å². The number of nitrogens with zero attached hydrogens (tertiary/aromatic N) is 1. The van der Waals surface area contributed by atoms with Crippen LogP contribution >= 0.6 is 0 Å². The largest absolute Gasteiger partial charge is 0.482 e. The molecule has 3 rings (SSSR count). The minimum absolute atomic E-state index is 0.127. The van der Waals surface area contributed by atoms with Gasteiger partial charge in [-0.05, 0) is 30.7 Å². The number of anilines is 1. The van der Waals surface area contributed by atoms with Crippen LogP contribution in [0.4, 0.5) is 5.69 Å². The molecule has 1 amide bonds. The highest BCUT2D eigenvalue weighted by Gasteiger charge is 2.27. The standard InChI is InChI=1S/C15H16N2O5S/c1-10-6-12-13(22-9-15(18)16-12)7-14(10)23(19,20)17(2)8-11-4-3-5-21-11/h3-7H,8-9H2,1-2H3,(H,16,18). The summed E-state index contributed by atoms with van der Waals surface area (Å²) in [5, 5.41) is 2.66. The summed E-state index contributed by atoms with van der Waals surface area (Å²) in [7, 11) is -2.23. The van der Waals surface area contributed by atoms with Gasteiger partial charge in [0.05, 0.1) is 23.4 Å². The summed E-state index contributed by atoms with van der Waals surface area (Å²) in [6.45, 7) is 1.68. The van der Waals surface area contributed by atoms with Crippen molar-refractivity contribution < 1.29 is 22.4 Å². The maximum Gasteiger partial charge on any atom is 0.262 e. The molecule has 8 heteroatoms. The fraction of sp³-hybridized carbons (Fsp3) is 0.267. The number of ether oxygens (including phenoxy) is 1. The molecule has 1 aromatic heterocycles. The number of hydrogen-bond acceptors (Lipinski definition) is 5. The van der Waals surface area contributed by atoms with E-state index in [4.69, 9.17) is 9.15 Å². The minimum Gasteiger partial charge on any atom is -0.482 e. The van der Waals surface area contributed by atoms with Crippen LogP contribution in [0, 0.1) is 6.92 Å². The molecule has 0 bridgehead atoms. The van der Waals surface area contributed by atoms with Crippen LogP contribution in [0.25, 0.3) is 0 Å². The number of furan rings is 1. The summed E-state index contributed by atoms with van der Waals surface area (Å²) in [4.78, 5) is 11.5. The lowest BCUT2D eigenvalue weighted by atomic mass is 10.2. The molecule has 0 unspecified atom stereocenters. The quantitative estimate of drug-likeness (QED) is 0.919. The molecule has 23 heavy (non-hydrogen) atoms. The second kappa shape index (κ2) is 5.71. The van der Waals surface area contributed by atoms with Gasteiger partial charge in [-0.3, -0.25) is 4.79 Å². The van der Waals surface area contributed by atoms with Crippen molar-refractivity contribution in [3.05, 3.63) is 41.9 Å². The third kappa shape index (κ3) is 2.95. The second-order valence-electron chi connectivity index (χ2n) is 5.29. The number of aryl methyl sites for hydroxylation is 1. The lowest BCUT2D eigenvalue weighted by Crippen LogP contribution is -2.28. The molecule has 0 spiro atoms. The topological polar surface area (TPSA) is 88.8 Å². The number of carbonyl (C=O) groups is 1. The Bertz CT molecular complexity index is 843. The smallest absolute Gasteiger partial charge is 0.262 e.